The van der Waals surface area contributed by atoms with E-state index in [9.17, 15) is 17.2 Å². The van der Waals surface area contributed by atoms with Crippen molar-refractivity contribution in [2.45, 2.75) is 4.90 Å². The van der Waals surface area contributed by atoms with Crippen LogP contribution in [0.2, 0.25) is 0 Å². The van der Waals surface area contributed by atoms with E-state index in [1.54, 1.807) is 12.4 Å². The summed E-state index contributed by atoms with van der Waals surface area (Å²) in [4.78, 5) is 5.78. The molecule has 0 N–H and O–H groups in total. The number of aromatic nitrogens is 1. The van der Waals surface area contributed by atoms with Crippen molar-refractivity contribution in [3.05, 3.63) is 54.4 Å². The molecule has 1 saturated heterocycles. The molecule has 0 radical (unpaired) electrons. The molecule has 0 aliphatic carbocycles. The fourth-order valence-electron chi connectivity index (χ4n) is 2.53. The average molecular weight is 339 g/mol. The summed E-state index contributed by atoms with van der Waals surface area (Å²) in [5.41, 5.74) is 0.977. The second-order valence-electron chi connectivity index (χ2n) is 5.17. The summed E-state index contributed by atoms with van der Waals surface area (Å²) >= 11 is 0. The smallest absolute Gasteiger partial charge is 0.243 e. The van der Waals surface area contributed by atoms with Gasteiger partial charge in [0.2, 0.25) is 10.0 Å². The maximum Gasteiger partial charge on any atom is 0.243 e. The van der Waals surface area contributed by atoms with Crippen molar-refractivity contribution in [3.8, 4) is 0 Å². The number of nitrogens with zero attached hydrogens (tertiary/aromatic N) is 3. The summed E-state index contributed by atoms with van der Waals surface area (Å²) in [6.45, 7) is 1.60. The summed E-state index contributed by atoms with van der Waals surface area (Å²) in [5.74, 6) is -2.23. The van der Waals surface area contributed by atoms with Crippen molar-refractivity contribution in [1.29, 1.82) is 0 Å². The van der Waals surface area contributed by atoms with Crippen LogP contribution >= 0.6 is 0 Å². The summed E-state index contributed by atoms with van der Waals surface area (Å²) in [6, 6.07) is 6.36. The quantitative estimate of drug-likeness (QED) is 0.857. The first-order valence-electron chi connectivity index (χ1n) is 7.08. The second-order valence-corrected chi connectivity index (χ2v) is 7.11. The highest BCUT2D eigenvalue weighted by Gasteiger charge is 2.29. The Morgan fingerprint density at radius 1 is 0.913 bits per heavy atom. The molecule has 0 amide bonds. The molecule has 122 valence electrons. The molecule has 1 aliphatic rings. The minimum atomic E-state index is -3.82. The second kappa shape index (κ2) is 6.21. The Kier molecular flexibility index (Phi) is 4.27. The monoisotopic (exact) mass is 339 g/mol. The lowest BCUT2D eigenvalue weighted by molar-refractivity contribution is 0.384. The molecule has 23 heavy (non-hydrogen) atoms. The standard InChI is InChI=1S/C15H15F2N3O2S/c16-14-2-1-13(11-15(14)17)23(21,22)20-9-7-19(8-10-20)12-3-5-18-6-4-12/h1-6,11H,7-10H2. The first-order chi connectivity index (χ1) is 11.0. The molecule has 0 atom stereocenters. The van der Waals surface area contributed by atoms with Crippen LogP contribution in [0, 0.1) is 11.6 Å². The van der Waals surface area contributed by atoms with Gasteiger partial charge in [0, 0.05) is 44.3 Å². The van der Waals surface area contributed by atoms with Crippen molar-refractivity contribution < 1.29 is 17.2 Å². The number of pyridine rings is 1. The van der Waals surface area contributed by atoms with E-state index in [4.69, 9.17) is 0 Å². The molecule has 2 heterocycles. The third-order valence-electron chi connectivity index (χ3n) is 3.80. The molecule has 2 aromatic rings. The molecule has 0 unspecified atom stereocenters. The van der Waals surface area contributed by atoms with Gasteiger partial charge in [0.1, 0.15) is 0 Å². The maximum atomic E-state index is 13.3. The van der Waals surface area contributed by atoms with Gasteiger partial charge >= 0.3 is 0 Å². The van der Waals surface area contributed by atoms with Gasteiger partial charge in [-0.1, -0.05) is 0 Å². The Morgan fingerprint density at radius 3 is 2.17 bits per heavy atom. The van der Waals surface area contributed by atoms with Crippen LogP contribution in [-0.4, -0.2) is 43.9 Å². The van der Waals surface area contributed by atoms with Crippen molar-refractivity contribution in [2.75, 3.05) is 31.1 Å². The number of hydrogen-bond donors (Lipinski definition) is 0. The Labute approximate surface area is 133 Å². The van der Waals surface area contributed by atoms with Gasteiger partial charge in [-0.2, -0.15) is 4.31 Å². The van der Waals surface area contributed by atoms with Crippen LogP contribution in [0.15, 0.2) is 47.6 Å². The molecule has 0 spiro atoms. The molecule has 5 nitrogen and oxygen atoms in total. The first-order valence-corrected chi connectivity index (χ1v) is 8.53. The number of piperazine rings is 1. The minimum absolute atomic E-state index is 0.228. The summed E-state index contributed by atoms with van der Waals surface area (Å²) in [7, 11) is -3.82. The number of anilines is 1. The summed E-state index contributed by atoms with van der Waals surface area (Å²) in [6.07, 6.45) is 3.36. The van der Waals surface area contributed by atoms with E-state index in [0.717, 1.165) is 23.9 Å². The van der Waals surface area contributed by atoms with Gasteiger partial charge in [-0.25, -0.2) is 17.2 Å². The number of sulfonamides is 1. The fraction of sp³-hybridized carbons (Fsp3) is 0.267. The molecule has 1 fully saturated rings. The molecular formula is C15H15F2N3O2S. The SMILES string of the molecule is O=S(=O)(c1ccc(F)c(F)c1)N1CCN(c2ccncc2)CC1. The predicted octanol–water partition coefficient (Wildman–Crippen LogP) is 1.87. The summed E-state index contributed by atoms with van der Waals surface area (Å²) < 4.78 is 52.6. The van der Waals surface area contributed by atoms with Gasteiger partial charge in [-0.3, -0.25) is 4.98 Å². The normalized spacial score (nSPS) is 16.5. The van der Waals surface area contributed by atoms with Crippen molar-refractivity contribution in [2.24, 2.45) is 0 Å². The van der Waals surface area contributed by atoms with E-state index in [0.29, 0.717) is 13.1 Å². The van der Waals surface area contributed by atoms with Crippen LogP contribution in [0.25, 0.3) is 0 Å². The molecular weight excluding hydrogens is 324 g/mol. The van der Waals surface area contributed by atoms with Gasteiger partial charge in [0.05, 0.1) is 4.90 Å². The average Bonchev–Trinajstić information content (AvgIpc) is 2.58. The third kappa shape index (κ3) is 3.18. The zero-order valence-electron chi connectivity index (χ0n) is 12.2. The van der Waals surface area contributed by atoms with Crippen molar-refractivity contribution in [3.63, 3.8) is 0 Å². The highest BCUT2D eigenvalue weighted by atomic mass is 32.2. The van der Waals surface area contributed by atoms with E-state index in [1.807, 2.05) is 12.1 Å². The Balaban J connectivity index is 1.75. The Morgan fingerprint density at radius 2 is 1.57 bits per heavy atom. The zero-order chi connectivity index (χ0) is 16.4. The lowest BCUT2D eigenvalue weighted by atomic mass is 10.3. The van der Waals surface area contributed by atoms with Crippen LogP contribution in [-0.2, 0) is 10.0 Å². The van der Waals surface area contributed by atoms with Gasteiger partial charge < -0.3 is 4.90 Å². The van der Waals surface area contributed by atoms with Crippen LogP contribution < -0.4 is 4.90 Å². The number of benzene rings is 1. The lowest BCUT2D eigenvalue weighted by Gasteiger charge is -2.35. The van der Waals surface area contributed by atoms with E-state index < -0.39 is 21.7 Å². The number of halogens is 2. The molecule has 1 aromatic heterocycles. The van der Waals surface area contributed by atoms with Crippen molar-refractivity contribution >= 4 is 15.7 Å². The summed E-state index contributed by atoms with van der Waals surface area (Å²) in [5, 5.41) is 0. The largest absolute Gasteiger partial charge is 0.369 e. The van der Waals surface area contributed by atoms with E-state index >= 15 is 0 Å². The van der Waals surface area contributed by atoms with Gasteiger partial charge in [0.15, 0.2) is 11.6 Å². The molecule has 3 rings (SSSR count). The Hall–Kier alpha value is -2.06. The minimum Gasteiger partial charge on any atom is -0.369 e. The molecule has 1 aromatic carbocycles. The molecule has 8 heteroatoms. The van der Waals surface area contributed by atoms with Crippen molar-refractivity contribution in [1.82, 2.24) is 9.29 Å². The lowest BCUT2D eigenvalue weighted by Crippen LogP contribution is -2.48. The molecule has 0 bridgehead atoms. The fourth-order valence-corrected chi connectivity index (χ4v) is 3.96. The van der Waals surface area contributed by atoms with E-state index in [-0.39, 0.29) is 18.0 Å². The van der Waals surface area contributed by atoms with Gasteiger partial charge in [-0.15, -0.1) is 0 Å². The zero-order valence-corrected chi connectivity index (χ0v) is 13.0. The topological polar surface area (TPSA) is 53.5 Å². The number of rotatable bonds is 3. The first kappa shape index (κ1) is 15.8. The van der Waals surface area contributed by atoms with Crippen LogP contribution in [0.1, 0.15) is 0 Å². The molecule has 1 aliphatic heterocycles. The van der Waals surface area contributed by atoms with Gasteiger partial charge in [-0.05, 0) is 30.3 Å². The van der Waals surface area contributed by atoms with E-state index in [1.165, 1.54) is 4.31 Å². The highest BCUT2D eigenvalue weighted by molar-refractivity contribution is 7.89. The third-order valence-corrected chi connectivity index (χ3v) is 5.69. The maximum absolute atomic E-state index is 13.3. The number of hydrogen-bond acceptors (Lipinski definition) is 4. The molecule has 0 saturated carbocycles. The highest BCUT2D eigenvalue weighted by Crippen LogP contribution is 2.22. The van der Waals surface area contributed by atoms with Gasteiger partial charge in [0.25, 0.3) is 0 Å². The Bertz CT molecular complexity index is 792. The van der Waals surface area contributed by atoms with Crippen LogP contribution in [0.3, 0.4) is 0 Å². The predicted molar refractivity (Wildman–Crippen MR) is 81.6 cm³/mol. The van der Waals surface area contributed by atoms with Crippen LogP contribution in [0.4, 0.5) is 14.5 Å². The van der Waals surface area contributed by atoms with Crippen LogP contribution in [0.5, 0.6) is 0 Å². The van der Waals surface area contributed by atoms with E-state index in [2.05, 4.69) is 9.88 Å².